The van der Waals surface area contributed by atoms with E-state index in [0.29, 0.717) is 34.5 Å². The average molecular weight is 501 g/mol. The molecule has 10 heteroatoms. The number of carbonyl (C=O) groups excluding carboxylic acids is 1. The number of pyridine rings is 1. The van der Waals surface area contributed by atoms with Gasteiger partial charge >= 0.3 is 188 Å². The van der Waals surface area contributed by atoms with E-state index in [0.717, 1.165) is 30.5 Å². The van der Waals surface area contributed by atoms with E-state index in [9.17, 15) is 18.0 Å². The molecule has 2 aromatic carbocycles. The van der Waals surface area contributed by atoms with Crippen LogP contribution in [-0.4, -0.2) is 52.9 Å². The summed E-state index contributed by atoms with van der Waals surface area (Å²) < 4.78 is 47.1. The normalized spacial score (nSPS) is 15.7. The van der Waals surface area contributed by atoms with E-state index >= 15 is 0 Å². The van der Waals surface area contributed by atoms with E-state index in [1.807, 2.05) is 18.2 Å². The van der Waals surface area contributed by atoms with Gasteiger partial charge in [0.1, 0.15) is 0 Å². The Morgan fingerprint density at radius 3 is 2.56 bits per heavy atom. The zero-order chi connectivity index (χ0) is 22.2. The molecule has 1 fully saturated rings. The fourth-order valence-electron chi connectivity index (χ4n) is 3.68. The standard InChI is InChI=1S/C22H17AsF3N4O2/c24-19-11-15(20(25)21(26)29-19)23-12-1-3-14-17(9-12)27-18-10-13(30-5-7-32-8-6-30)2-4-16(18)28-22(14)31/h1-4,9-11,27H,5-8H2,(H,28,31). The van der Waals surface area contributed by atoms with Gasteiger partial charge in [-0.25, -0.2) is 0 Å². The summed E-state index contributed by atoms with van der Waals surface area (Å²) in [7, 11) is 0. The topological polar surface area (TPSA) is 66.5 Å². The van der Waals surface area contributed by atoms with Crippen molar-refractivity contribution in [3.8, 4) is 0 Å². The van der Waals surface area contributed by atoms with E-state index in [1.54, 1.807) is 18.2 Å². The summed E-state index contributed by atoms with van der Waals surface area (Å²) in [5.41, 5.74) is 3.34. The molecule has 0 saturated carbocycles. The second-order valence-corrected chi connectivity index (χ2v) is 9.88. The van der Waals surface area contributed by atoms with Crippen LogP contribution in [0.25, 0.3) is 0 Å². The molecular weight excluding hydrogens is 484 g/mol. The second kappa shape index (κ2) is 8.48. The summed E-state index contributed by atoms with van der Waals surface area (Å²) in [4.78, 5) is 17.8. The van der Waals surface area contributed by atoms with Gasteiger partial charge in [0.25, 0.3) is 0 Å². The van der Waals surface area contributed by atoms with Gasteiger partial charge in [-0.2, -0.15) is 0 Å². The summed E-state index contributed by atoms with van der Waals surface area (Å²) in [6.45, 7) is 2.87. The van der Waals surface area contributed by atoms with Crippen molar-refractivity contribution in [1.29, 1.82) is 0 Å². The molecule has 6 nitrogen and oxygen atoms in total. The molecule has 2 aliphatic heterocycles. The van der Waals surface area contributed by atoms with Crippen LogP contribution in [-0.2, 0) is 4.74 Å². The molecule has 1 saturated heterocycles. The number of morpholine rings is 1. The first-order valence-electron chi connectivity index (χ1n) is 9.90. The molecule has 2 aliphatic rings. The number of ether oxygens (including phenoxy) is 1. The number of benzene rings is 2. The van der Waals surface area contributed by atoms with Gasteiger partial charge in [-0.1, -0.05) is 0 Å². The zero-order valence-electron chi connectivity index (χ0n) is 16.7. The van der Waals surface area contributed by atoms with Gasteiger partial charge in [-0.3, -0.25) is 0 Å². The van der Waals surface area contributed by atoms with Crippen LogP contribution < -0.4 is 24.2 Å². The maximum absolute atomic E-state index is 14.1. The summed E-state index contributed by atoms with van der Waals surface area (Å²) in [6, 6.07) is 11.7. The number of rotatable bonds is 3. The van der Waals surface area contributed by atoms with E-state index in [4.69, 9.17) is 4.74 Å². The molecular formula is C22H17AsF3N4O2. The molecule has 0 spiro atoms. The molecule has 3 heterocycles. The zero-order valence-corrected chi connectivity index (χ0v) is 18.5. The summed E-state index contributed by atoms with van der Waals surface area (Å²) in [6.07, 6.45) is 0. The minimum atomic E-state index is -1.45. The van der Waals surface area contributed by atoms with Gasteiger partial charge in [0.2, 0.25) is 0 Å². The van der Waals surface area contributed by atoms with Crippen LogP contribution in [0.5, 0.6) is 0 Å². The molecule has 0 atom stereocenters. The Hall–Kier alpha value is -3.03. The molecule has 0 unspecified atom stereocenters. The minimum absolute atomic E-state index is 0.0562. The molecule has 0 aliphatic carbocycles. The Bertz CT molecular complexity index is 1220. The van der Waals surface area contributed by atoms with Crippen molar-refractivity contribution in [3.63, 3.8) is 0 Å². The number of anilines is 4. The Morgan fingerprint density at radius 2 is 1.75 bits per heavy atom. The van der Waals surface area contributed by atoms with Crippen molar-refractivity contribution in [2.24, 2.45) is 0 Å². The van der Waals surface area contributed by atoms with Crippen molar-refractivity contribution in [2.75, 3.05) is 41.8 Å². The van der Waals surface area contributed by atoms with E-state index in [2.05, 4.69) is 20.5 Å². The predicted octanol–water partition coefficient (Wildman–Crippen LogP) is 2.30. The molecule has 5 rings (SSSR count). The number of halogens is 3. The number of fused-ring (bicyclic) bond motifs is 2. The van der Waals surface area contributed by atoms with Gasteiger partial charge in [0, 0.05) is 0 Å². The van der Waals surface area contributed by atoms with Crippen LogP contribution in [0.15, 0.2) is 42.5 Å². The Balaban J connectivity index is 1.47. The van der Waals surface area contributed by atoms with Gasteiger partial charge in [0.15, 0.2) is 0 Å². The van der Waals surface area contributed by atoms with Crippen molar-refractivity contribution >= 4 is 53.1 Å². The Labute approximate surface area is 188 Å². The predicted molar refractivity (Wildman–Crippen MR) is 116 cm³/mol. The molecule has 1 radical (unpaired) electrons. The van der Waals surface area contributed by atoms with Crippen molar-refractivity contribution in [2.45, 2.75) is 0 Å². The summed E-state index contributed by atoms with van der Waals surface area (Å²) in [5, 5.41) is 6.19. The van der Waals surface area contributed by atoms with Crippen LogP contribution >= 0.6 is 0 Å². The number of hydrogen-bond donors (Lipinski definition) is 2. The molecule has 32 heavy (non-hydrogen) atoms. The number of nitrogens with zero attached hydrogens (tertiary/aromatic N) is 2. The molecule has 163 valence electrons. The number of carbonyl (C=O) groups is 1. The van der Waals surface area contributed by atoms with Gasteiger partial charge in [0.05, 0.1) is 0 Å². The van der Waals surface area contributed by atoms with Crippen molar-refractivity contribution in [1.82, 2.24) is 4.98 Å². The van der Waals surface area contributed by atoms with Gasteiger partial charge in [-0.15, -0.1) is 0 Å². The SMILES string of the molecule is O=C1Nc2ccc(N3CCOCC3)cc2Nc2cc([As]c3cc(F)nc(F)c3F)ccc21. The number of amides is 1. The third-order valence-corrected chi connectivity index (χ3v) is 7.57. The molecule has 3 aromatic rings. The Morgan fingerprint density at radius 1 is 0.938 bits per heavy atom. The summed E-state index contributed by atoms with van der Waals surface area (Å²) in [5.74, 6) is -3.94. The van der Waals surface area contributed by atoms with Crippen molar-refractivity contribution in [3.05, 3.63) is 65.7 Å². The van der Waals surface area contributed by atoms with Gasteiger partial charge in [-0.05, 0) is 0 Å². The van der Waals surface area contributed by atoms with E-state index < -0.39 is 33.5 Å². The fourth-order valence-corrected chi connectivity index (χ4v) is 5.74. The monoisotopic (exact) mass is 501 g/mol. The fraction of sp³-hybridized carbons (Fsp3) is 0.182. The molecule has 1 amide bonds. The first kappa shape index (κ1) is 20.8. The number of nitrogens with one attached hydrogen (secondary N) is 2. The first-order chi connectivity index (χ1) is 15.5. The molecule has 1 aromatic heterocycles. The number of hydrogen-bond acceptors (Lipinski definition) is 5. The van der Waals surface area contributed by atoms with Crippen LogP contribution in [0.2, 0.25) is 0 Å². The van der Waals surface area contributed by atoms with Crippen LogP contribution in [0.1, 0.15) is 10.4 Å². The van der Waals surface area contributed by atoms with Gasteiger partial charge < -0.3 is 0 Å². The van der Waals surface area contributed by atoms with Crippen molar-refractivity contribution < 1.29 is 22.7 Å². The number of aromatic nitrogens is 1. The van der Waals surface area contributed by atoms with Crippen LogP contribution in [0, 0.1) is 17.7 Å². The quantitative estimate of drug-likeness (QED) is 0.426. The molecule has 2 N–H and O–H groups in total. The van der Waals surface area contributed by atoms with E-state index in [-0.39, 0.29) is 10.3 Å². The third kappa shape index (κ3) is 4.06. The second-order valence-electron chi connectivity index (χ2n) is 7.32. The average Bonchev–Trinajstić information content (AvgIpc) is 2.92. The molecule has 0 bridgehead atoms. The van der Waals surface area contributed by atoms with E-state index in [1.165, 1.54) is 0 Å². The Kier molecular flexibility index (Phi) is 5.53. The van der Waals surface area contributed by atoms with Crippen LogP contribution in [0.3, 0.4) is 0 Å². The first-order valence-corrected chi connectivity index (χ1v) is 11.8. The maximum atomic E-state index is 14.1. The summed E-state index contributed by atoms with van der Waals surface area (Å²) >= 11 is -1.07. The third-order valence-electron chi connectivity index (χ3n) is 5.26. The van der Waals surface area contributed by atoms with Crippen LogP contribution in [0.4, 0.5) is 35.9 Å².